The van der Waals surface area contributed by atoms with Gasteiger partial charge in [0.15, 0.2) is 0 Å². The van der Waals surface area contributed by atoms with Crippen LogP contribution in [-0.4, -0.2) is 29.3 Å². The summed E-state index contributed by atoms with van der Waals surface area (Å²) in [5, 5.41) is 9.95. The predicted octanol–water partition coefficient (Wildman–Crippen LogP) is 0.207. The topological polar surface area (TPSA) is 59.0 Å². The lowest BCUT2D eigenvalue weighted by Gasteiger charge is -2.13. The second-order valence-corrected chi connectivity index (χ2v) is 3.48. The molecule has 0 spiro atoms. The van der Waals surface area contributed by atoms with Gasteiger partial charge in [0.05, 0.1) is 5.69 Å². The molecule has 84 valence electrons. The summed E-state index contributed by atoms with van der Waals surface area (Å²) in [4.78, 5) is 11.0. The van der Waals surface area contributed by atoms with Gasteiger partial charge in [0.25, 0.3) is 0 Å². The highest BCUT2D eigenvalue weighted by Crippen LogP contribution is 2.09. The molecule has 0 aliphatic carbocycles. The lowest BCUT2D eigenvalue weighted by Crippen LogP contribution is -2.27. The molecule has 5 nitrogen and oxygen atoms in total. The van der Waals surface area contributed by atoms with Gasteiger partial charge in [-0.15, -0.1) is 0 Å². The molecule has 0 radical (unpaired) electrons. The first-order valence-corrected chi connectivity index (χ1v) is 5.07. The van der Waals surface area contributed by atoms with Crippen LogP contribution in [0.3, 0.4) is 0 Å². The van der Waals surface area contributed by atoms with Gasteiger partial charge in [0.2, 0.25) is 5.91 Å². The third-order valence-corrected chi connectivity index (χ3v) is 2.38. The van der Waals surface area contributed by atoms with Crippen LogP contribution in [0, 0.1) is 0 Å². The molecular formula is C10H18N4O. The van der Waals surface area contributed by atoms with Crippen LogP contribution >= 0.6 is 0 Å². The van der Waals surface area contributed by atoms with Gasteiger partial charge in [0.1, 0.15) is 0 Å². The molecule has 5 heteroatoms. The number of amides is 1. The van der Waals surface area contributed by atoms with Crippen molar-refractivity contribution in [2.75, 3.05) is 13.6 Å². The smallest absolute Gasteiger partial charge is 0.221 e. The van der Waals surface area contributed by atoms with Crippen LogP contribution in [0.25, 0.3) is 0 Å². The second kappa shape index (κ2) is 5.50. The fourth-order valence-electron chi connectivity index (χ4n) is 1.44. The number of aromatic nitrogens is 2. The van der Waals surface area contributed by atoms with Crippen molar-refractivity contribution in [3.05, 3.63) is 18.0 Å². The molecule has 1 unspecified atom stereocenters. The molecule has 0 saturated carbocycles. The molecular weight excluding hydrogens is 192 g/mol. The number of aryl methyl sites for hydroxylation is 1. The van der Waals surface area contributed by atoms with Crippen molar-refractivity contribution in [1.82, 2.24) is 20.4 Å². The number of nitrogens with one attached hydrogen (secondary N) is 2. The highest BCUT2D eigenvalue weighted by atomic mass is 16.1. The number of hydrogen-bond donors (Lipinski definition) is 2. The third-order valence-electron chi connectivity index (χ3n) is 2.38. The molecule has 0 aromatic carbocycles. The molecule has 0 fully saturated rings. The Balaban J connectivity index is 2.34. The minimum Gasteiger partial charge on any atom is -0.359 e. The summed E-state index contributed by atoms with van der Waals surface area (Å²) in [7, 11) is 3.55. The molecule has 1 heterocycles. The Labute approximate surface area is 89.9 Å². The van der Waals surface area contributed by atoms with E-state index in [1.54, 1.807) is 13.2 Å². The van der Waals surface area contributed by atoms with Crippen molar-refractivity contribution < 1.29 is 4.79 Å². The maximum Gasteiger partial charge on any atom is 0.221 e. The van der Waals surface area contributed by atoms with Crippen molar-refractivity contribution >= 4 is 5.91 Å². The third kappa shape index (κ3) is 3.36. The number of nitrogens with zero attached hydrogens (tertiary/aromatic N) is 2. The molecule has 1 aromatic heterocycles. The Morgan fingerprint density at radius 3 is 2.93 bits per heavy atom. The van der Waals surface area contributed by atoms with E-state index in [1.807, 2.05) is 17.8 Å². The van der Waals surface area contributed by atoms with Gasteiger partial charge in [-0.2, -0.15) is 5.10 Å². The van der Waals surface area contributed by atoms with E-state index in [2.05, 4.69) is 22.7 Å². The summed E-state index contributed by atoms with van der Waals surface area (Å²) in [5.74, 6) is 0.0553. The summed E-state index contributed by atoms with van der Waals surface area (Å²) in [6.07, 6.45) is 2.27. The Bertz CT molecular complexity index is 321. The summed E-state index contributed by atoms with van der Waals surface area (Å²) in [6, 6.07) is 2.18. The highest BCUT2D eigenvalue weighted by Gasteiger charge is 2.08. The monoisotopic (exact) mass is 210 g/mol. The van der Waals surface area contributed by atoms with E-state index >= 15 is 0 Å². The number of carbonyl (C=O) groups is 1. The molecule has 1 atom stereocenters. The number of rotatable bonds is 5. The summed E-state index contributed by atoms with van der Waals surface area (Å²) < 4.78 is 1.83. The maximum absolute atomic E-state index is 11.0. The summed E-state index contributed by atoms with van der Waals surface area (Å²) in [5.41, 5.74) is 1.12. The molecule has 0 bridgehead atoms. The fourth-order valence-corrected chi connectivity index (χ4v) is 1.44. The van der Waals surface area contributed by atoms with Gasteiger partial charge >= 0.3 is 0 Å². The Morgan fingerprint density at radius 1 is 1.67 bits per heavy atom. The van der Waals surface area contributed by atoms with Gasteiger partial charge in [-0.05, 0) is 13.0 Å². The van der Waals surface area contributed by atoms with Crippen molar-refractivity contribution in [3.63, 3.8) is 0 Å². The first-order valence-electron chi connectivity index (χ1n) is 5.07. The quantitative estimate of drug-likeness (QED) is 0.730. The SMILES string of the molecule is CNC(=O)CCNC(C)c1ccnn1C. The van der Waals surface area contributed by atoms with Crippen LogP contribution in [0.1, 0.15) is 25.1 Å². The lowest BCUT2D eigenvalue weighted by molar-refractivity contribution is -0.120. The highest BCUT2D eigenvalue weighted by molar-refractivity contribution is 5.75. The van der Waals surface area contributed by atoms with Gasteiger partial charge in [0, 0.05) is 39.3 Å². The normalized spacial score (nSPS) is 12.5. The van der Waals surface area contributed by atoms with Crippen molar-refractivity contribution in [1.29, 1.82) is 0 Å². The van der Waals surface area contributed by atoms with E-state index in [0.717, 1.165) is 5.69 Å². The van der Waals surface area contributed by atoms with E-state index in [9.17, 15) is 4.79 Å². The zero-order valence-corrected chi connectivity index (χ0v) is 9.45. The average molecular weight is 210 g/mol. The van der Waals surface area contributed by atoms with E-state index in [0.29, 0.717) is 13.0 Å². The van der Waals surface area contributed by atoms with Crippen LogP contribution < -0.4 is 10.6 Å². The predicted molar refractivity (Wildman–Crippen MR) is 58.3 cm³/mol. The zero-order chi connectivity index (χ0) is 11.3. The van der Waals surface area contributed by atoms with Gasteiger partial charge < -0.3 is 10.6 Å². The zero-order valence-electron chi connectivity index (χ0n) is 9.45. The van der Waals surface area contributed by atoms with Crippen LogP contribution in [0.15, 0.2) is 12.3 Å². The second-order valence-electron chi connectivity index (χ2n) is 3.48. The first-order chi connectivity index (χ1) is 7.15. The summed E-state index contributed by atoms with van der Waals surface area (Å²) >= 11 is 0. The molecule has 1 rings (SSSR count). The standard InChI is InChI=1S/C10H18N4O/c1-8(9-4-7-13-14(9)3)12-6-5-10(15)11-2/h4,7-8,12H,5-6H2,1-3H3,(H,11,15). The minimum atomic E-state index is 0.0553. The Kier molecular flexibility index (Phi) is 4.30. The van der Waals surface area contributed by atoms with Crippen molar-refractivity contribution in [2.45, 2.75) is 19.4 Å². The fraction of sp³-hybridized carbons (Fsp3) is 0.600. The van der Waals surface area contributed by atoms with E-state index in [4.69, 9.17) is 0 Å². The van der Waals surface area contributed by atoms with E-state index < -0.39 is 0 Å². The molecule has 2 N–H and O–H groups in total. The van der Waals surface area contributed by atoms with Crippen LogP contribution in [0.2, 0.25) is 0 Å². The molecule has 0 saturated heterocycles. The van der Waals surface area contributed by atoms with Crippen molar-refractivity contribution in [3.8, 4) is 0 Å². The first kappa shape index (κ1) is 11.7. The Hall–Kier alpha value is -1.36. The van der Waals surface area contributed by atoms with Crippen LogP contribution in [0.4, 0.5) is 0 Å². The molecule has 15 heavy (non-hydrogen) atoms. The molecule has 0 aliphatic rings. The van der Waals surface area contributed by atoms with Crippen molar-refractivity contribution in [2.24, 2.45) is 7.05 Å². The van der Waals surface area contributed by atoms with Gasteiger partial charge in [-0.3, -0.25) is 9.48 Å². The Morgan fingerprint density at radius 2 is 2.40 bits per heavy atom. The average Bonchev–Trinajstić information content (AvgIpc) is 2.64. The van der Waals surface area contributed by atoms with E-state index in [1.165, 1.54) is 0 Å². The number of hydrogen-bond acceptors (Lipinski definition) is 3. The molecule has 1 aromatic rings. The molecule has 0 aliphatic heterocycles. The van der Waals surface area contributed by atoms with Crippen LogP contribution in [0.5, 0.6) is 0 Å². The lowest BCUT2D eigenvalue weighted by atomic mass is 10.2. The maximum atomic E-state index is 11.0. The molecule has 1 amide bonds. The van der Waals surface area contributed by atoms with Gasteiger partial charge in [-0.1, -0.05) is 0 Å². The number of carbonyl (C=O) groups excluding carboxylic acids is 1. The van der Waals surface area contributed by atoms with Crippen LogP contribution in [-0.2, 0) is 11.8 Å². The van der Waals surface area contributed by atoms with Gasteiger partial charge in [-0.25, -0.2) is 0 Å². The minimum absolute atomic E-state index is 0.0553. The summed E-state index contributed by atoms with van der Waals surface area (Å²) in [6.45, 7) is 2.73. The van der Waals surface area contributed by atoms with E-state index in [-0.39, 0.29) is 11.9 Å². The largest absolute Gasteiger partial charge is 0.359 e.